The molecule has 1 aliphatic heterocycles. The van der Waals surface area contributed by atoms with Crippen molar-refractivity contribution in [1.29, 1.82) is 0 Å². The number of anilines is 6. The zero-order chi connectivity index (χ0) is 34.1. The molecule has 2 heteroatoms. The van der Waals surface area contributed by atoms with Gasteiger partial charge in [0.05, 0.1) is 11.4 Å². The van der Waals surface area contributed by atoms with Crippen molar-refractivity contribution in [3.8, 4) is 0 Å². The maximum Gasteiger partial charge on any atom is 0.0509 e. The summed E-state index contributed by atoms with van der Waals surface area (Å²) in [6.07, 6.45) is 0. The second-order valence-electron chi connectivity index (χ2n) is 14.2. The Morgan fingerprint density at radius 1 is 0.412 bits per heavy atom. The Balaban J connectivity index is 1.28. The molecule has 0 atom stereocenters. The van der Waals surface area contributed by atoms with Gasteiger partial charge in [-0.3, -0.25) is 0 Å². The first-order valence-electron chi connectivity index (χ1n) is 17.8. The molecule has 51 heavy (non-hydrogen) atoms. The molecule has 0 unspecified atom stereocenters. The van der Waals surface area contributed by atoms with Crippen LogP contribution in [0, 0.1) is 0 Å². The van der Waals surface area contributed by atoms with Gasteiger partial charge in [-0.15, -0.1) is 0 Å². The molecule has 242 valence electrons. The Morgan fingerprint density at radius 2 is 0.941 bits per heavy atom. The van der Waals surface area contributed by atoms with Crippen LogP contribution in [0.1, 0.15) is 25.0 Å². The van der Waals surface area contributed by atoms with E-state index in [9.17, 15) is 0 Å². The predicted octanol–water partition coefficient (Wildman–Crippen LogP) is 13.9. The number of hydrogen-bond acceptors (Lipinski definition) is 2. The van der Waals surface area contributed by atoms with Gasteiger partial charge in [-0.2, -0.15) is 0 Å². The van der Waals surface area contributed by atoms with Gasteiger partial charge in [0.1, 0.15) is 0 Å². The van der Waals surface area contributed by atoms with Crippen LogP contribution in [0.2, 0.25) is 0 Å². The molecule has 0 aliphatic carbocycles. The van der Waals surface area contributed by atoms with E-state index in [4.69, 9.17) is 0 Å². The normalized spacial score (nSPS) is 13.4. The lowest BCUT2D eigenvalue weighted by Gasteiger charge is -2.43. The van der Waals surface area contributed by atoms with Crippen molar-refractivity contribution in [1.82, 2.24) is 0 Å². The van der Waals surface area contributed by atoms with E-state index >= 15 is 0 Å². The SMILES string of the molecule is CC1(C)c2cc(N(c3ccccc3)c3ccc4ccccc4c3)ccc2N(c2ccccc2)c2ccc3c4ccccc4c4ccccc4c3c21. The lowest BCUT2D eigenvalue weighted by Crippen LogP contribution is -2.31. The van der Waals surface area contributed by atoms with Crippen LogP contribution < -0.4 is 9.80 Å². The fourth-order valence-electron chi connectivity index (χ4n) is 8.62. The van der Waals surface area contributed by atoms with Crippen molar-refractivity contribution in [2.45, 2.75) is 19.3 Å². The zero-order valence-electron chi connectivity index (χ0n) is 28.7. The molecule has 0 spiro atoms. The summed E-state index contributed by atoms with van der Waals surface area (Å²) in [6, 6.07) is 66.6. The topological polar surface area (TPSA) is 6.48 Å². The van der Waals surface area contributed by atoms with Crippen LogP contribution in [0.15, 0.2) is 182 Å². The van der Waals surface area contributed by atoms with Crippen molar-refractivity contribution in [2.75, 3.05) is 9.80 Å². The van der Waals surface area contributed by atoms with Gasteiger partial charge in [-0.1, -0.05) is 135 Å². The monoisotopic (exact) mass is 652 g/mol. The van der Waals surface area contributed by atoms with Crippen LogP contribution in [-0.4, -0.2) is 0 Å². The summed E-state index contributed by atoms with van der Waals surface area (Å²) >= 11 is 0. The first-order chi connectivity index (χ1) is 25.1. The molecule has 0 fully saturated rings. The Hall–Kier alpha value is -6.38. The van der Waals surface area contributed by atoms with Gasteiger partial charge in [-0.25, -0.2) is 0 Å². The number of hydrogen-bond donors (Lipinski definition) is 0. The Labute approximate surface area is 298 Å². The van der Waals surface area contributed by atoms with Gasteiger partial charge in [0.2, 0.25) is 0 Å². The van der Waals surface area contributed by atoms with Crippen molar-refractivity contribution in [2.24, 2.45) is 0 Å². The third kappa shape index (κ3) is 4.50. The minimum Gasteiger partial charge on any atom is -0.310 e. The van der Waals surface area contributed by atoms with Crippen LogP contribution in [-0.2, 0) is 5.41 Å². The molecule has 0 radical (unpaired) electrons. The van der Waals surface area contributed by atoms with Crippen molar-refractivity contribution in [3.05, 3.63) is 193 Å². The van der Waals surface area contributed by atoms with E-state index in [1.54, 1.807) is 0 Å². The third-order valence-electron chi connectivity index (χ3n) is 10.9. The first-order valence-corrected chi connectivity index (χ1v) is 17.8. The summed E-state index contributed by atoms with van der Waals surface area (Å²) in [5.74, 6) is 0. The molecule has 1 aliphatic rings. The highest BCUT2D eigenvalue weighted by Gasteiger charge is 2.39. The Morgan fingerprint density at radius 3 is 1.67 bits per heavy atom. The maximum atomic E-state index is 2.48. The average Bonchev–Trinajstić information content (AvgIpc) is 3.19. The highest BCUT2D eigenvalue weighted by Crippen LogP contribution is 2.56. The van der Waals surface area contributed by atoms with Crippen LogP contribution in [0.3, 0.4) is 0 Å². The minimum absolute atomic E-state index is 0.331. The van der Waals surface area contributed by atoms with Crippen LogP contribution in [0.25, 0.3) is 43.1 Å². The number of rotatable bonds is 4. The summed E-state index contributed by atoms with van der Waals surface area (Å²) in [5.41, 5.74) is 9.31. The lowest BCUT2D eigenvalue weighted by atomic mass is 9.70. The molecule has 9 aromatic carbocycles. The van der Waals surface area contributed by atoms with Crippen molar-refractivity contribution >= 4 is 77.2 Å². The van der Waals surface area contributed by atoms with Crippen LogP contribution in [0.5, 0.6) is 0 Å². The Kier molecular flexibility index (Phi) is 6.56. The number of para-hydroxylation sites is 2. The summed E-state index contributed by atoms with van der Waals surface area (Å²) < 4.78 is 0. The molecule has 0 N–H and O–H groups in total. The van der Waals surface area contributed by atoms with E-state index in [1.165, 1.54) is 65.6 Å². The van der Waals surface area contributed by atoms with E-state index in [1.807, 2.05) is 0 Å². The average molecular weight is 653 g/mol. The molecule has 10 rings (SSSR count). The zero-order valence-corrected chi connectivity index (χ0v) is 28.7. The van der Waals surface area contributed by atoms with Gasteiger partial charge < -0.3 is 9.80 Å². The summed E-state index contributed by atoms with van der Waals surface area (Å²) in [5, 5.41) is 10.3. The second kappa shape index (κ2) is 11.3. The van der Waals surface area contributed by atoms with E-state index in [2.05, 4.69) is 206 Å². The molecule has 0 bridgehead atoms. The molecule has 0 aromatic heterocycles. The summed E-state index contributed by atoms with van der Waals surface area (Å²) in [6.45, 7) is 4.84. The number of fused-ring (bicyclic) bond motifs is 10. The molecule has 0 amide bonds. The number of nitrogens with zero attached hydrogens (tertiary/aromatic N) is 2. The highest BCUT2D eigenvalue weighted by atomic mass is 15.2. The van der Waals surface area contributed by atoms with E-state index < -0.39 is 0 Å². The van der Waals surface area contributed by atoms with Crippen LogP contribution >= 0.6 is 0 Å². The van der Waals surface area contributed by atoms with Crippen molar-refractivity contribution < 1.29 is 0 Å². The molecule has 0 saturated heterocycles. The fraction of sp³-hybridized carbons (Fsp3) is 0.0612. The smallest absolute Gasteiger partial charge is 0.0509 e. The lowest BCUT2D eigenvalue weighted by molar-refractivity contribution is 0.638. The summed E-state index contributed by atoms with van der Waals surface area (Å²) in [7, 11) is 0. The van der Waals surface area contributed by atoms with Gasteiger partial charge in [-0.05, 0) is 115 Å². The predicted molar refractivity (Wildman–Crippen MR) is 218 cm³/mol. The van der Waals surface area contributed by atoms with Gasteiger partial charge >= 0.3 is 0 Å². The Bertz CT molecular complexity index is 2750. The molecule has 9 aromatic rings. The number of benzene rings is 9. The molecule has 1 heterocycles. The molecule has 2 nitrogen and oxygen atoms in total. The molecular formula is C49H36N2. The fourth-order valence-corrected chi connectivity index (χ4v) is 8.62. The molecule has 0 saturated carbocycles. The third-order valence-corrected chi connectivity index (χ3v) is 10.9. The maximum absolute atomic E-state index is 2.48. The molecular weight excluding hydrogens is 617 g/mol. The van der Waals surface area contributed by atoms with Gasteiger partial charge in [0, 0.05) is 28.2 Å². The first kappa shape index (κ1) is 29.5. The standard InChI is InChI=1S/C49H36N2/c1-49(2)44-32-38(50(35-17-5-3-6-18-35)37-26-25-33-15-9-10-16-34(33)31-37)27-29-45(44)51(36-19-7-4-8-20-36)46-30-28-43-41-23-12-11-21-39(41)40-22-13-14-24-42(40)47(43)48(46)49/h3-32H,1-2H3. The van der Waals surface area contributed by atoms with Crippen molar-refractivity contribution in [3.63, 3.8) is 0 Å². The largest absolute Gasteiger partial charge is 0.310 e. The van der Waals surface area contributed by atoms with Gasteiger partial charge in [0.15, 0.2) is 0 Å². The van der Waals surface area contributed by atoms with E-state index in [0.717, 1.165) is 22.7 Å². The quantitative estimate of drug-likeness (QED) is 0.175. The second-order valence-corrected chi connectivity index (χ2v) is 14.2. The minimum atomic E-state index is -0.331. The van der Waals surface area contributed by atoms with E-state index in [-0.39, 0.29) is 5.41 Å². The summed E-state index contributed by atoms with van der Waals surface area (Å²) in [4.78, 5) is 4.88. The highest BCUT2D eigenvalue weighted by molar-refractivity contribution is 6.27. The van der Waals surface area contributed by atoms with E-state index in [0.29, 0.717) is 0 Å². The van der Waals surface area contributed by atoms with Crippen LogP contribution in [0.4, 0.5) is 34.1 Å². The van der Waals surface area contributed by atoms with Gasteiger partial charge in [0.25, 0.3) is 0 Å².